The van der Waals surface area contributed by atoms with Crippen LogP contribution in [0.15, 0.2) is 23.1 Å². The summed E-state index contributed by atoms with van der Waals surface area (Å²) in [6, 6.07) is 1.45. The molecule has 7 nitrogen and oxygen atoms in total. The minimum absolute atomic E-state index is 0.0321. The van der Waals surface area contributed by atoms with Gasteiger partial charge < -0.3 is 9.64 Å². The van der Waals surface area contributed by atoms with Gasteiger partial charge in [-0.2, -0.15) is 13.2 Å². The zero-order valence-corrected chi connectivity index (χ0v) is 17.0. The molecular formula is C19H21F3N2O5S. The molecule has 0 bridgehead atoms. The van der Waals surface area contributed by atoms with E-state index in [-0.39, 0.29) is 28.5 Å². The van der Waals surface area contributed by atoms with Crippen molar-refractivity contribution in [2.75, 3.05) is 12.9 Å². The first-order valence-corrected chi connectivity index (χ1v) is 10.5. The van der Waals surface area contributed by atoms with Crippen molar-refractivity contribution in [2.45, 2.75) is 55.3 Å². The monoisotopic (exact) mass is 446 g/mol. The molecule has 1 aliphatic heterocycles. The van der Waals surface area contributed by atoms with Gasteiger partial charge in [-0.25, -0.2) is 4.79 Å². The van der Waals surface area contributed by atoms with Crippen LogP contribution in [0, 0.1) is 16.0 Å². The van der Waals surface area contributed by atoms with Crippen LogP contribution in [0.2, 0.25) is 0 Å². The Hall–Kier alpha value is -2.30. The lowest BCUT2D eigenvalue weighted by Gasteiger charge is -2.33. The topological polar surface area (TPSA) is 89.8 Å². The Kier molecular flexibility index (Phi) is 6.59. The zero-order chi connectivity index (χ0) is 22.1. The summed E-state index contributed by atoms with van der Waals surface area (Å²) in [6.07, 6.45) is -0.522. The number of carbonyl (C=O) groups excluding carboxylic acids is 2. The average molecular weight is 446 g/mol. The molecule has 0 N–H and O–H groups in total. The molecule has 1 aliphatic carbocycles. The van der Waals surface area contributed by atoms with Gasteiger partial charge in [0.05, 0.1) is 28.2 Å². The number of rotatable bonds is 5. The zero-order valence-electron chi connectivity index (χ0n) is 16.2. The maximum absolute atomic E-state index is 13.0. The van der Waals surface area contributed by atoms with Crippen LogP contribution in [0.4, 0.5) is 18.9 Å². The maximum atomic E-state index is 13.0. The van der Waals surface area contributed by atoms with E-state index in [1.807, 2.05) is 0 Å². The van der Waals surface area contributed by atoms with Crippen LogP contribution >= 0.6 is 11.8 Å². The van der Waals surface area contributed by atoms with Crippen molar-refractivity contribution < 1.29 is 32.4 Å². The second kappa shape index (κ2) is 8.83. The SMILES string of the molecule is COC(=O)C1CC2CCCCC2N1C(=O)CSc1ccc(C(F)(F)F)cc1[N+](=O)[O-]. The number of amides is 1. The van der Waals surface area contributed by atoms with Crippen molar-refractivity contribution in [3.8, 4) is 0 Å². The Labute approximate surface area is 175 Å². The van der Waals surface area contributed by atoms with E-state index in [2.05, 4.69) is 0 Å². The third-order valence-corrected chi connectivity index (χ3v) is 6.73. The van der Waals surface area contributed by atoms with Crippen molar-refractivity contribution in [1.29, 1.82) is 0 Å². The molecule has 1 aromatic carbocycles. The lowest BCUT2D eigenvalue weighted by atomic mass is 9.85. The number of hydrogen-bond acceptors (Lipinski definition) is 6. The molecular weight excluding hydrogens is 425 g/mol. The number of alkyl halides is 3. The summed E-state index contributed by atoms with van der Waals surface area (Å²) in [6.45, 7) is 0. The molecule has 11 heteroatoms. The number of methoxy groups -OCH3 is 1. The molecule has 1 saturated heterocycles. The predicted octanol–water partition coefficient (Wildman–Crippen LogP) is 4.04. The van der Waals surface area contributed by atoms with Gasteiger partial charge in [-0.3, -0.25) is 14.9 Å². The first-order valence-electron chi connectivity index (χ1n) is 9.51. The minimum Gasteiger partial charge on any atom is -0.467 e. The molecule has 1 heterocycles. The highest BCUT2D eigenvalue weighted by Gasteiger charge is 2.47. The molecule has 1 aromatic rings. The largest absolute Gasteiger partial charge is 0.467 e. The minimum atomic E-state index is -4.71. The normalized spacial score (nSPS) is 23.7. The van der Waals surface area contributed by atoms with Crippen molar-refractivity contribution >= 4 is 29.3 Å². The number of nitro groups is 1. The lowest BCUT2D eigenvalue weighted by molar-refractivity contribution is -0.388. The molecule has 3 atom stereocenters. The number of thioether (sulfide) groups is 1. The van der Waals surface area contributed by atoms with Gasteiger partial charge in [-0.1, -0.05) is 12.8 Å². The number of fused-ring (bicyclic) bond motifs is 1. The lowest BCUT2D eigenvalue weighted by Crippen LogP contribution is -2.47. The molecule has 2 aliphatic rings. The van der Waals surface area contributed by atoms with Crippen LogP contribution in [0.1, 0.15) is 37.7 Å². The van der Waals surface area contributed by atoms with E-state index < -0.39 is 34.4 Å². The number of benzene rings is 1. The smallest absolute Gasteiger partial charge is 0.416 e. The van der Waals surface area contributed by atoms with E-state index in [0.717, 1.165) is 49.6 Å². The van der Waals surface area contributed by atoms with E-state index in [9.17, 15) is 32.9 Å². The Morgan fingerprint density at radius 3 is 2.63 bits per heavy atom. The van der Waals surface area contributed by atoms with Gasteiger partial charge in [-0.05, 0) is 37.3 Å². The number of carbonyl (C=O) groups is 2. The van der Waals surface area contributed by atoms with Gasteiger partial charge in [0.25, 0.3) is 5.69 Å². The van der Waals surface area contributed by atoms with E-state index in [0.29, 0.717) is 12.5 Å². The van der Waals surface area contributed by atoms with Crippen LogP contribution in [-0.2, 0) is 20.5 Å². The second-order valence-electron chi connectivity index (χ2n) is 7.41. The Balaban J connectivity index is 1.78. The van der Waals surface area contributed by atoms with Crippen molar-refractivity contribution in [2.24, 2.45) is 5.92 Å². The molecule has 0 radical (unpaired) electrons. The van der Waals surface area contributed by atoms with Crippen molar-refractivity contribution in [3.63, 3.8) is 0 Å². The molecule has 2 fully saturated rings. The summed E-state index contributed by atoms with van der Waals surface area (Å²) >= 11 is 0.798. The number of halogens is 3. The summed E-state index contributed by atoms with van der Waals surface area (Å²) in [4.78, 5) is 37.0. The number of nitro benzene ring substituents is 1. The van der Waals surface area contributed by atoms with Gasteiger partial charge in [0.15, 0.2) is 0 Å². The molecule has 0 spiro atoms. The fraction of sp³-hybridized carbons (Fsp3) is 0.579. The van der Waals surface area contributed by atoms with Crippen LogP contribution in [-0.4, -0.2) is 46.6 Å². The van der Waals surface area contributed by atoms with Crippen LogP contribution in [0.25, 0.3) is 0 Å². The average Bonchev–Trinajstić information content (AvgIpc) is 3.10. The van der Waals surface area contributed by atoms with E-state index in [1.54, 1.807) is 0 Å². The highest BCUT2D eigenvalue weighted by Crippen LogP contribution is 2.41. The molecule has 3 rings (SSSR count). The Morgan fingerprint density at radius 2 is 2.00 bits per heavy atom. The van der Waals surface area contributed by atoms with Crippen LogP contribution in [0.3, 0.4) is 0 Å². The van der Waals surface area contributed by atoms with Gasteiger partial charge in [0, 0.05) is 12.1 Å². The Morgan fingerprint density at radius 1 is 1.30 bits per heavy atom. The van der Waals surface area contributed by atoms with Crippen molar-refractivity contribution in [1.82, 2.24) is 4.90 Å². The number of likely N-dealkylation sites (tertiary alicyclic amines) is 1. The summed E-state index contributed by atoms with van der Waals surface area (Å²) in [7, 11) is 1.26. The summed E-state index contributed by atoms with van der Waals surface area (Å²) in [5.74, 6) is -0.886. The van der Waals surface area contributed by atoms with Crippen molar-refractivity contribution in [3.05, 3.63) is 33.9 Å². The fourth-order valence-corrected chi connectivity index (χ4v) is 5.21. The third kappa shape index (κ3) is 4.55. The van der Waals surface area contributed by atoms with Crippen LogP contribution in [0.5, 0.6) is 0 Å². The van der Waals surface area contributed by atoms with E-state index >= 15 is 0 Å². The molecule has 164 valence electrons. The van der Waals surface area contributed by atoms with E-state index in [4.69, 9.17) is 4.74 Å². The molecule has 1 amide bonds. The quantitative estimate of drug-likeness (QED) is 0.294. The molecule has 1 saturated carbocycles. The number of hydrogen-bond donors (Lipinski definition) is 0. The number of ether oxygens (including phenoxy) is 1. The standard InChI is InChI=1S/C19H21F3N2O5S/c1-29-18(26)15-8-11-4-2-3-5-13(11)23(15)17(25)10-30-16-7-6-12(19(20,21)22)9-14(16)24(27)28/h6-7,9,11,13,15H,2-5,8,10H2,1H3. The first-order chi connectivity index (χ1) is 14.1. The highest BCUT2D eigenvalue weighted by molar-refractivity contribution is 8.00. The van der Waals surface area contributed by atoms with Gasteiger partial charge in [0.2, 0.25) is 5.91 Å². The highest BCUT2D eigenvalue weighted by atomic mass is 32.2. The Bertz CT molecular complexity index is 848. The second-order valence-corrected chi connectivity index (χ2v) is 8.43. The first kappa shape index (κ1) is 22.4. The van der Waals surface area contributed by atoms with Crippen LogP contribution < -0.4 is 0 Å². The molecule has 30 heavy (non-hydrogen) atoms. The summed E-state index contributed by atoms with van der Waals surface area (Å²) in [5, 5.41) is 11.2. The van der Waals surface area contributed by atoms with Gasteiger partial charge >= 0.3 is 12.1 Å². The fourth-order valence-electron chi connectivity index (χ4n) is 4.34. The van der Waals surface area contributed by atoms with Gasteiger partial charge in [-0.15, -0.1) is 11.8 Å². The van der Waals surface area contributed by atoms with Gasteiger partial charge in [0.1, 0.15) is 6.04 Å². The van der Waals surface area contributed by atoms with E-state index in [1.165, 1.54) is 12.0 Å². The summed E-state index contributed by atoms with van der Waals surface area (Å²) < 4.78 is 43.4. The maximum Gasteiger partial charge on any atom is 0.416 e. The summed E-state index contributed by atoms with van der Waals surface area (Å²) in [5.41, 5.74) is -1.83. The third-order valence-electron chi connectivity index (χ3n) is 5.68. The molecule has 0 aromatic heterocycles. The molecule has 3 unspecified atom stereocenters. The predicted molar refractivity (Wildman–Crippen MR) is 102 cm³/mol. The number of esters is 1. The number of nitrogens with zero attached hydrogens (tertiary/aromatic N) is 2.